The van der Waals surface area contributed by atoms with Gasteiger partial charge in [-0.3, -0.25) is 0 Å². The van der Waals surface area contributed by atoms with E-state index in [2.05, 4.69) is 46.9 Å². The topological polar surface area (TPSA) is 9.23 Å². The number of alkyl halides is 1. The van der Waals surface area contributed by atoms with Crippen LogP contribution in [0.1, 0.15) is 12.0 Å². The molecule has 1 aliphatic heterocycles. The van der Waals surface area contributed by atoms with Crippen LogP contribution in [0.4, 0.5) is 0 Å². The van der Waals surface area contributed by atoms with Gasteiger partial charge in [-0.15, -0.1) is 11.6 Å². The first-order valence-corrected chi connectivity index (χ1v) is 6.73. The molecule has 2 atom stereocenters. The van der Waals surface area contributed by atoms with E-state index < -0.39 is 0 Å². The minimum absolute atomic E-state index is 0.276. The van der Waals surface area contributed by atoms with Crippen molar-refractivity contribution >= 4 is 34.2 Å². The summed E-state index contributed by atoms with van der Waals surface area (Å²) in [5.41, 5.74) is 1.36. The molecule has 1 heterocycles. The molecular weight excluding hydrogens is 322 g/mol. The lowest BCUT2D eigenvalue weighted by molar-refractivity contribution is 0.0578. The quantitative estimate of drug-likeness (QED) is 0.593. The van der Waals surface area contributed by atoms with Crippen LogP contribution in [0.3, 0.4) is 0 Å². The van der Waals surface area contributed by atoms with Crippen LogP contribution in [0.5, 0.6) is 0 Å². The lowest BCUT2D eigenvalue weighted by atomic mass is 9.94. The third-order valence-electron chi connectivity index (χ3n) is 2.79. The maximum atomic E-state index is 6.28. The second kappa shape index (κ2) is 5.51. The first-order valence-electron chi connectivity index (χ1n) is 5.22. The first kappa shape index (κ1) is 11.7. The molecule has 1 fully saturated rings. The van der Waals surface area contributed by atoms with Gasteiger partial charge in [0.1, 0.15) is 0 Å². The second-order valence-corrected chi connectivity index (χ2v) is 5.78. The molecule has 1 saturated heterocycles. The van der Waals surface area contributed by atoms with E-state index in [1.165, 1.54) is 9.13 Å². The molecule has 0 N–H and O–H groups in total. The largest absolute Gasteiger partial charge is 0.381 e. The van der Waals surface area contributed by atoms with E-state index in [-0.39, 0.29) is 5.38 Å². The van der Waals surface area contributed by atoms with Crippen LogP contribution < -0.4 is 0 Å². The Morgan fingerprint density at radius 1 is 1.33 bits per heavy atom. The molecule has 0 amide bonds. The monoisotopic (exact) mass is 336 g/mol. The number of hydrogen-bond donors (Lipinski definition) is 0. The van der Waals surface area contributed by atoms with Gasteiger partial charge in [0.05, 0.1) is 6.61 Å². The summed E-state index contributed by atoms with van der Waals surface area (Å²) >= 11 is 8.60. The van der Waals surface area contributed by atoms with Crippen molar-refractivity contribution in [1.29, 1.82) is 0 Å². The lowest BCUT2D eigenvalue weighted by Crippen LogP contribution is -2.29. The van der Waals surface area contributed by atoms with Crippen molar-refractivity contribution in [2.24, 2.45) is 5.92 Å². The molecule has 2 rings (SSSR count). The molecule has 3 heteroatoms. The van der Waals surface area contributed by atoms with Crippen LogP contribution in [0.25, 0.3) is 0 Å². The van der Waals surface area contributed by atoms with E-state index in [0.29, 0.717) is 5.92 Å². The molecule has 0 aliphatic carbocycles. The number of halogens is 2. The van der Waals surface area contributed by atoms with Crippen molar-refractivity contribution in [1.82, 2.24) is 0 Å². The van der Waals surface area contributed by atoms with Gasteiger partial charge in [0.2, 0.25) is 0 Å². The third kappa shape index (κ3) is 3.33. The minimum Gasteiger partial charge on any atom is -0.381 e. The summed E-state index contributed by atoms with van der Waals surface area (Å²) in [4.78, 5) is 0. The van der Waals surface area contributed by atoms with Crippen LogP contribution >= 0.6 is 34.2 Å². The zero-order chi connectivity index (χ0) is 10.7. The highest BCUT2D eigenvalue weighted by Gasteiger charge is 2.23. The van der Waals surface area contributed by atoms with E-state index in [9.17, 15) is 0 Å². The fourth-order valence-electron chi connectivity index (χ4n) is 1.88. The van der Waals surface area contributed by atoms with Gasteiger partial charge in [-0.1, -0.05) is 12.1 Å². The van der Waals surface area contributed by atoms with E-state index in [1.807, 2.05) is 0 Å². The highest BCUT2D eigenvalue weighted by molar-refractivity contribution is 14.1. The van der Waals surface area contributed by atoms with Crippen molar-refractivity contribution in [2.45, 2.75) is 18.2 Å². The molecule has 0 saturated carbocycles. The maximum absolute atomic E-state index is 6.28. The van der Waals surface area contributed by atoms with E-state index >= 15 is 0 Å². The van der Waals surface area contributed by atoms with Crippen LogP contribution in [0.2, 0.25) is 0 Å². The Morgan fingerprint density at radius 3 is 2.73 bits per heavy atom. The van der Waals surface area contributed by atoms with Crippen molar-refractivity contribution in [3.05, 3.63) is 33.4 Å². The molecule has 0 spiro atoms. The Hall–Kier alpha value is 0.200. The van der Waals surface area contributed by atoms with Crippen LogP contribution in [-0.2, 0) is 11.2 Å². The molecule has 0 aromatic heterocycles. The fourth-order valence-corrected chi connectivity index (χ4v) is 2.49. The third-order valence-corrected chi connectivity index (χ3v) is 4.09. The lowest BCUT2D eigenvalue weighted by Gasteiger charge is -2.27. The van der Waals surface area contributed by atoms with E-state index in [0.717, 1.165) is 26.1 Å². The molecule has 0 radical (unpaired) electrons. The predicted octanol–water partition coefficient (Wildman–Crippen LogP) is 3.48. The van der Waals surface area contributed by atoms with Crippen molar-refractivity contribution in [2.75, 3.05) is 13.2 Å². The highest BCUT2D eigenvalue weighted by Crippen LogP contribution is 2.24. The molecule has 15 heavy (non-hydrogen) atoms. The fraction of sp³-hybridized carbons (Fsp3) is 0.500. The molecule has 82 valence electrons. The number of benzene rings is 1. The Bertz CT molecular complexity index is 312. The average Bonchev–Trinajstić information content (AvgIpc) is 2.25. The number of ether oxygens (including phenoxy) is 1. The summed E-state index contributed by atoms with van der Waals surface area (Å²) < 4.78 is 6.74. The Labute approximate surface area is 109 Å². The van der Waals surface area contributed by atoms with Gasteiger partial charge >= 0.3 is 0 Å². The highest BCUT2D eigenvalue weighted by atomic mass is 127. The Morgan fingerprint density at radius 2 is 2.07 bits per heavy atom. The zero-order valence-electron chi connectivity index (χ0n) is 8.46. The van der Waals surface area contributed by atoms with Crippen molar-refractivity contribution in [3.63, 3.8) is 0 Å². The standard InChI is InChI=1S/C12H14ClIO/c13-12-5-6-15-8-10(12)7-9-1-3-11(14)4-2-9/h1-4,10,12H,5-8H2. The zero-order valence-corrected chi connectivity index (χ0v) is 11.4. The summed E-state index contributed by atoms with van der Waals surface area (Å²) in [5.74, 6) is 0.473. The number of hydrogen-bond acceptors (Lipinski definition) is 1. The number of rotatable bonds is 2. The molecule has 1 aliphatic rings. The summed E-state index contributed by atoms with van der Waals surface area (Å²) in [7, 11) is 0. The smallest absolute Gasteiger partial charge is 0.0511 e. The normalized spacial score (nSPS) is 26.5. The van der Waals surface area contributed by atoms with Crippen molar-refractivity contribution in [3.8, 4) is 0 Å². The first-order chi connectivity index (χ1) is 7.25. The van der Waals surface area contributed by atoms with Crippen molar-refractivity contribution < 1.29 is 4.74 Å². The van der Waals surface area contributed by atoms with Gasteiger partial charge in [-0.2, -0.15) is 0 Å². The maximum Gasteiger partial charge on any atom is 0.0511 e. The van der Waals surface area contributed by atoms with Crippen LogP contribution in [0, 0.1) is 9.49 Å². The minimum atomic E-state index is 0.276. The van der Waals surface area contributed by atoms with Gasteiger partial charge in [0.25, 0.3) is 0 Å². The predicted molar refractivity (Wildman–Crippen MR) is 71.4 cm³/mol. The molecule has 1 aromatic carbocycles. The molecule has 0 bridgehead atoms. The second-order valence-electron chi connectivity index (χ2n) is 3.97. The van der Waals surface area contributed by atoms with Gasteiger partial charge in [-0.05, 0) is 53.1 Å². The SMILES string of the molecule is ClC1CCOCC1Cc1ccc(I)cc1. The Balaban J connectivity index is 1.98. The molecule has 1 nitrogen and oxygen atoms in total. The summed E-state index contributed by atoms with van der Waals surface area (Å²) in [5, 5.41) is 0.276. The van der Waals surface area contributed by atoms with E-state index in [1.54, 1.807) is 0 Å². The molecular formula is C12H14ClIO. The van der Waals surface area contributed by atoms with Crippen LogP contribution in [-0.4, -0.2) is 18.6 Å². The summed E-state index contributed by atoms with van der Waals surface area (Å²) in [6.07, 6.45) is 2.02. The van der Waals surface area contributed by atoms with Gasteiger partial charge < -0.3 is 4.74 Å². The summed E-state index contributed by atoms with van der Waals surface area (Å²) in [6.45, 7) is 1.62. The van der Waals surface area contributed by atoms with Gasteiger partial charge in [0, 0.05) is 21.5 Å². The Kier molecular flexibility index (Phi) is 4.29. The molecule has 1 aromatic rings. The molecule has 2 unspecified atom stereocenters. The summed E-state index contributed by atoms with van der Waals surface area (Å²) in [6, 6.07) is 8.64. The van der Waals surface area contributed by atoms with Crippen LogP contribution in [0.15, 0.2) is 24.3 Å². The van der Waals surface area contributed by atoms with Gasteiger partial charge in [-0.25, -0.2) is 0 Å². The average molecular weight is 337 g/mol. The van der Waals surface area contributed by atoms with Gasteiger partial charge in [0.15, 0.2) is 0 Å². The van der Waals surface area contributed by atoms with E-state index in [4.69, 9.17) is 16.3 Å².